The van der Waals surface area contributed by atoms with Gasteiger partial charge in [0.2, 0.25) is 0 Å². The van der Waals surface area contributed by atoms with Gasteiger partial charge in [-0.1, -0.05) is 47.1 Å². The lowest BCUT2D eigenvalue weighted by atomic mass is 9.81. The number of hydrogen-bond acceptors (Lipinski definition) is 4. The Labute approximate surface area is 151 Å². The number of hydrogen-bond donors (Lipinski definition) is 0. The van der Waals surface area contributed by atoms with Crippen LogP contribution in [0.25, 0.3) is 11.3 Å². The lowest BCUT2D eigenvalue weighted by Crippen LogP contribution is -2.24. The van der Waals surface area contributed by atoms with E-state index in [0.717, 1.165) is 52.0 Å². The van der Waals surface area contributed by atoms with E-state index in [2.05, 4.69) is 51.2 Å². The molecule has 24 heavy (non-hydrogen) atoms. The minimum Gasteiger partial charge on any atom is -0.399 e. The van der Waals surface area contributed by atoms with Gasteiger partial charge < -0.3 is 4.84 Å². The van der Waals surface area contributed by atoms with Gasteiger partial charge in [0.25, 0.3) is 0 Å². The third-order valence-corrected chi connectivity index (χ3v) is 4.82. The first-order chi connectivity index (χ1) is 11.6. The molecule has 0 unspecified atom stereocenters. The first-order valence-electron chi connectivity index (χ1n) is 8.29. The topological polar surface area (TPSA) is 47.4 Å². The average molecular weight is 388 g/mol. The van der Waals surface area contributed by atoms with Gasteiger partial charge in [0.05, 0.1) is 17.1 Å². The molecular weight excluding hydrogens is 366 g/mol. The second kappa shape index (κ2) is 7.43. The summed E-state index contributed by atoms with van der Waals surface area (Å²) in [6.45, 7) is 4.51. The summed E-state index contributed by atoms with van der Waals surface area (Å²) in [4.78, 5) is 5.09. The number of fused-ring (bicyclic) bond motifs is 1. The molecule has 0 radical (unpaired) electrons. The fourth-order valence-electron chi connectivity index (χ4n) is 3.34. The molecule has 5 heteroatoms. The molecule has 0 aliphatic heterocycles. The Balaban J connectivity index is 1.97. The maximum Gasteiger partial charge on any atom is 0.106 e. The van der Waals surface area contributed by atoms with E-state index in [1.54, 1.807) is 7.11 Å². The predicted molar refractivity (Wildman–Crippen MR) is 100.0 cm³/mol. The average Bonchev–Trinajstić information content (AvgIpc) is 2.55. The Morgan fingerprint density at radius 1 is 1.21 bits per heavy atom. The number of nitrogens with zero attached hydrogens (tertiary/aromatic N) is 3. The van der Waals surface area contributed by atoms with Crippen LogP contribution in [0.15, 0.2) is 40.0 Å². The van der Waals surface area contributed by atoms with Crippen LogP contribution in [0, 0.1) is 11.8 Å². The van der Waals surface area contributed by atoms with E-state index in [1.807, 2.05) is 24.3 Å². The summed E-state index contributed by atoms with van der Waals surface area (Å²) in [6, 6.07) is 10.2. The summed E-state index contributed by atoms with van der Waals surface area (Å²) in [5.74, 6) is 1.22. The largest absolute Gasteiger partial charge is 0.399 e. The van der Waals surface area contributed by atoms with Crippen molar-refractivity contribution in [1.82, 2.24) is 10.2 Å². The fourth-order valence-corrected chi connectivity index (χ4v) is 3.60. The molecule has 1 atom stereocenters. The number of aromatic nitrogens is 2. The monoisotopic (exact) mass is 387 g/mol. The van der Waals surface area contributed by atoms with Gasteiger partial charge in [0, 0.05) is 15.6 Å². The zero-order chi connectivity index (χ0) is 17.1. The number of rotatable bonds is 4. The molecule has 1 aromatic carbocycles. The fraction of sp³-hybridized carbons (Fsp3) is 0.421. The van der Waals surface area contributed by atoms with E-state index in [0.29, 0.717) is 11.8 Å². The SMILES string of the molecule is CO/N=C1/C[C@@H](CC(C)C)Cc2nnc(-c3ccc(Br)cc3)cc21. The molecule has 4 nitrogen and oxygen atoms in total. The highest BCUT2D eigenvalue weighted by molar-refractivity contribution is 9.10. The third-order valence-electron chi connectivity index (χ3n) is 4.29. The Bertz CT molecular complexity index is 741. The summed E-state index contributed by atoms with van der Waals surface area (Å²) < 4.78 is 1.05. The first kappa shape index (κ1) is 17.1. The van der Waals surface area contributed by atoms with E-state index in [4.69, 9.17) is 4.84 Å². The molecule has 126 valence electrons. The smallest absolute Gasteiger partial charge is 0.106 e. The molecule has 0 N–H and O–H groups in total. The van der Waals surface area contributed by atoms with E-state index < -0.39 is 0 Å². The van der Waals surface area contributed by atoms with Gasteiger partial charge in [0.15, 0.2) is 0 Å². The molecule has 0 saturated carbocycles. The van der Waals surface area contributed by atoms with E-state index in [1.165, 1.54) is 0 Å². The molecule has 2 aromatic rings. The zero-order valence-electron chi connectivity index (χ0n) is 14.3. The molecule has 0 amide bonds. The van der Waals surface area contributed by atoms with Crippen molar-refractivity contribution in [2.45, 2.75) is 33.1 Å². The maximum absolute atomic E-state index is 5.09. The molecule has 3 rings (SSSR count). The van der Waals surface area contributed by atoms with Gasteiger partial charge in [-0.3, -0.25) is 0 Å². The first-order valence-corrected chi connectivity index (χ1v) is 9.09. The standard InChI is InChI=1S/C19H22BrN3O/c1-12(2)8-13-9-18-16(19(10-13)23-24-3)11-17(21-22-18)14-4-6-15(20)7-5-14/h4-7,11-13H,8-10H2,1-3H3/b23-19-/t13-/m0/s1. The van der Waals surface area contributed by atoms with Crippen LogP contribution >= 0.6 is 15.9 Å². The summed E-state index contributed by atoms with van der Waals surface area (Å²) in [6.07, 6.45) is 3.06. The second-order valence-electron chi connectivity index (χ2n) is 6.72. The molecule has 0 bridgehead atoms. The maximum atomic E-state index is 5.09. The Hall–Kier alpha value is -1.75. The van der Waals surface area contributed by atoms with Crippen LogP contribution in [0.1, 0.15) is 37.9 Å². The van der Waals surface area contributed by atoms with Crippen molar-refractivity contribution in [2.75, 3.05) is 7.11 Å². The van der Waals surface area contributed by atoms with Crippen molar-refractivity contribution in [3.05, 3.63) is 46.1 Å². The van der Waals surface area contributed by atoms with Crippen LogP contribution in [-0.4, -0.2) is 23.0 Å². The van der Waals surface area contributed by atoms with Crippen molar-refractivity contribution in [2.24, 2.45) is 17.0 Å². The van der Waals surface area contributed by atoms with Crippen LogP contribution in [0.5, 0.6) is 0 Å². The van der Waals surface area contributed by atoms with Crippen molar-refractivity contribution in [3.63, 3.8) is 0 Å². The van der Waals surface area contributed by atoms with E-state index in [-0.39, 0.29) is 0 Å². The highest BCUT2D eigenvalue weighted by Gasteiger charge is 2.27. The highest BCUT2D eigenvalue weighted by Crippen LogP contribution is 2.31. The van der Waals surface area contributed by atoms with Crippen LogP contribution in [-0.2, 0) is 11.3 Å². The molecular formula is C19H22BrN3O. The normalized spacial score (nSPS) is 18.7. The Kier molecular flexibility index (Phi) is 5.29. The molecule has 1 aliphatic rings. The van der Waals surface area contributed by atoms with Crippen molar-refractivity contribution in [1.29, 1.82) is 0 Å². The molecule has 1 aliphatic carbocycles. The van der Waals surface area contributed by atoms with Gasteiger partial charge in [-0.25, -0.2) is 0 Å². The summed E-state index contributed by atoms with van der Waals surface area (Å²) >= 11 is 3.46. The predicted octanol–water partition coefficient (Wildman–Crippen LogP) is 4.87. The zero-order valence-corrected chi connectivity index (χ0v) is 15.9. The number of oxime groups is 1. The number of halogens is 1. The van der Waals surface area contributed by atoms with Crippen molar-refractivity contribution < 1.29 is 4.84 Å². The Morgan fingerprint density at radius 2 is 1.96 bits per heavy atom. The Morgan fingerprint density at radius 3 is 2.62 bits per heavy atom. The summed E-state index contributed by atoms with van der Waals surface area (Å²) in [5.41, 5.74) is 5.01. The van der Waals surface area contributed by atoms with E-state index in [9.17, 15) is 0 Å². The van der Waals surface area contributed by atoms with Crippen LogP contribution < -0.4 is 0 Å². The second-order valence-corrected chi connectivity index (χ2v) is 7.64. The van der Waals surface area contributed by atoms with Gasteiger partial charge in [-0.2, -0.15) is 10.2 Å². The molecule has 0 saturated heterocycles. The molecule has 0 spiro atoms. The third kappa shape index (κ3) is 3.83. The lowest BCUT2D eigenvalue weighted by Gasteiger charge is -2.25. The quantitative estimate of drug-likeness (QED) is 0.703. The number of benzene rings is 1. The van der Waals surface area contributed by atoms with Crippen LogP contribution in [0.2, 0.25) is 0 Å². The minimum atomic E-state index is 0.555. The summed E-state index contributed by atoms with van der Waals surface area (Å²) in [7, 11) is 1.60. The highest BCUT2D eigenvalue weighted by atomic mass is 79.9. The summed E-state index contributed by atoms with van der Waals surface area (Å²) in [5, 5.41) is 13.2. The molecule has 0 fully saturated rings. The van der Waals surface area contributed by atoms with Gasteiger partial charge in [-0.15, -0.1) is 0 Å². The van der Waals surface area contributed by atoms with Crippen molar-refractivity contribution in [3.8, 4) is 11.3 Å². The van der Waals surface area contributed by atoms with Gasteiger partial charge in [0.1, 0.15) is 7.11 Å². The van der Waals surface area contributed by atoms with Crippen LogP contribution in [0.4, 0.5) is 0 Å². The van der Waals surface area contributed by atoms with E-state index >= 15 is 0 Å². The molecule has 1 aromatic heterocycles. The van der Waals surface area contributed by atoms with Crippen molar-refractivity contribution >= 4 is 21.6 Å². The van der Waals surface area contributed by atoms with Gasteiger partial charge >= 0.3 is 0 Å². The van der Waals surface area contributed by atoms with Crippen LogP contribution in [0.3, 0.4) is 0 Å². The minimum absolute atomic E-state index is 0.555. The molecule has 1 heterocycles. The van der Waals surface area contributed by atoms with Gasteiger partial charge in [-0.05, 0) is 49.3 Å². The lowest BCUT2D eigenvalue weighted by molar-refractivity contribution is 0.211.